The lowest BCUT2D eigenvalue weighted by atomic mass is 9.77. The number of ether oxygens (including phenoxy) is 1. The summed E-state index contributed by atoms with van der Waals surface area (Å²) in [6.45, 7) is 16.2. The average Bonchev–Trinajstić information content (AvgIpc) is 2.62. The average molecular weight is 348 g/mol. The summed E-state index contributed by atoms with van der Waals surface area (Å²) in [6.07, 6.45) is 6.82. The number of allylic oxidation sites excluding steroid dienone is 2. The van der Waals surface area contributed by atoms with Gasteiger partial charge in [0.2, 0.25) is 0 Å². The molecule has 26 heavy (non-hydrogen) atoms. The molecule has 0 atom stereocenters. The minimum atomic E-state index is -0.212. The summed E-state index contributed by atoms with van der Waals surface area (Å²) in [4.78, 5) is 0. The lowest BCUT2D eigenvalue weighted by Crippen LogP contribution is -2.19. The summed E-state index contributed by atoms with van der Waals surface area (Å²) in [5.74, 6) is 1.17. The molecule has 0 amide bonds. The van der Waals surface area contributed by atoms with E-state index in [1.807, 2.05) is 18.2 Å². The second-order valence-corrected chi connectivity index (χ2v) is 6.88. The van der Waals surface area contributed by atoms with Crippen LogP contribution in [0.2, 0.25) is 0 Å². The highest BCUT2D eigenvalue weighted by Gasteiger charge is 2.25. The SMILES string of the molecule is C=CCOc1ccc(C(C)(C)c2ccc(O)c(CC=C)c2)cc1CC=C. The summed E-state index contributed by atoms with van der Waals surface area (Å²) in [5, 5.41) is 10.1. The fourth-order valence-corrected chi connectivity index (χ4v) is 3.03. The first-order chi connectivity index (χ1) is 12.4. The zero-order valence-electron chi connectivity index (χ0n) is 15.8. The minimum Gasteiger partial charge on any atom is -0.508 e. The van der Waals surface area contributed by atoms with Gasteiger partial charge in [0.05, 0.1) is 0 Å². The summed E-state index contributed by atoms with van der Waals surface area (Å²) >= 11 is 0. The summed E-state index contributed by atoms with van der Waals surface area (Å²) in [5.41, 5.74) is 4.13. The van der Waals surface area contributed by atoms with E-state index in [1.165, 1.54) is 5.56 Å². The van der Waals surface area contributed by atoms with Gasteiger partial charge in [0.1, 0.15) is 18.1 Å². The van der Waals surface area contributed by atoms with E-state index in [1.54, 1.807) is 18.2 Å². The Labute approximate surface area is 157 Å². The molecule has 0 radical (unpaired) electrons. The molecule has 136 valence electrons. The zero-order valence-corrected chi connectivity index (χ0v) is 15.8. The molecule has 0 aliphatic carbocycles. The lowest BCUT2D eigenvalue weighted by molar-refractivity contribution is 0.359. The van der Waals surface area contributed by atoms with Gasteiger partial charge in [-0.1, -0.05) is 62.9 Å². The number of hydrogen-bond acceptors (Lipinski definition) is 2. The topological polar surface area (TPSA) is 29.5 Å². The molecule has 1 N–H and O–H groups in total. The molecule has 2 aromatic rings. The maximum Gasteiger partial charge on any atom is 0.123 e. The number of aromatic hydroxyl groups is 1. The van der Waals surface area contributed by atoms with Crippen LogP contribution in [0.1, 0.15) is 36.1 Å². The first-order valence-corrected chi connectivity index (χ1v) is 8.85. The molecule has 2 heteroatoms. The molecular weight excluding hydrogens is 320 g/mol. The lowest BCUT2D eigenvalue weighted by Gasteiger charge is -2.28. The smallest absolute Gasteiger partial charge is 0.123 e. The fourth-order valence-electron chi connectivity index (χ4n) is 3.03. The van der Waals surface area contributed by atoms with Crippen LogP contribution < -0.4 is 4.74 Å². The third-order valence-electron chi connectivity index (χ3n) is 4.67. The molecule has 0 aliphatic heterocycles. The molecular formula is C24H28O2. The van der Waals surface area contributed by atoms with Gasteiger partial charge in [-0.25, -0.2) is 0 Å². The Hall–Kier alpha value is -2.74. The standard InChI is InChI=1S/C24H28O2/c1-6-9-18-16-20(11-13-22(18)25)24(4,5)21-12-14-23(26-15-8-3)19(17-21)10-7-2/h6-8,11-14,16-17,25H,1-3,9-10,15H2,4-5H3. The molecule has 0 bridgehead atoms. The molecule has 0 aromatic heterocycles. The largest absolute Gasteiger partial charge is 0.508 e. The van der Waals surface area contributed by atoms with Crippen molar-refractivity contribution in [3.8, 4) is 11.5 Å². The molecule has 2 rings (SSSR count). The van der Waals surface area contributed by atoms with Crippen molar-refractivity contribution in [2.24, 2.45) is 0 Å². The maximum absolute atomic E-state index is 10.1. The number of phenols is 1. The van der Waals surface area contributed by atoms with E-state index >= 15 is 0 Å². The van der Waals surface area contributed by atoms with Gasteiger partial charge < -0.3 is 9.84 Å². The van der Waals surface area contributed by atoms with Crippen molar-refractivity contribution in [3.05, 3.63) is 96.6 Å². The first-order valence-electron chi connectivity index (χ1n) is 8.85. The second-order valence-electron chi connectivity index (χ2n) is 6.88. The van der Waals surface area contributed by atoms with Crippen LogP contribution in [0.3, 0.4) is 0 Å². The zero-order chi connectivity index (χ0) is 19.2. The Kier molecular flexibility index (Phi) is 6.46. The monoisotopic (exact) mass is 348 g/mol. The van der Waals surface area contributed by atoms with Gasteiger partial charge in [-0.2, -0.15) is 0 Å². The van der Waals surface area contributed by atoms with E-state index in [4.69, 9.17) is 4.74 Å². The third kappa shape index (κ3) is 4.26. The van der Waals surface area contributed by atoms with E-state index in [2.05, 4.69) is 51.8 Å². The normalized spacial score (nSPS) is 11.0. The van der Waals surface area contributed by atoms with E-state index in [0.29, 0.717) is 18.8 Å². The summed E-state index contributed by atoms with van der Waals surface area (Å²) in [7, 11) is 0. The minimum absolute atomic E-state index is 0.212. The molecule has 0 fully saturated rings. The van der Waals surface area contributed by atoms with Crippen LogP contribution in [0.5, 0.6) is 11.5 Å². The Morgan fingerprint density at radius 3 is 2.08 bits per heavy atom. The molecule has 0 spiro atoms. The molecule has 0 heterocycles. The predicted molar refractivity (Wildman–Crippen MR) is 110 cm³/mol. The highest BCUT2D eigenvalue weighted by atomic mass is 16.5. The van der Waals surface area contributed by atoms with Crippen molar-refractivity contribution < 1.29 is 9.84 Å². The third-order valence-corrected chi connectivity index (χ3v) is 4.67. The van der Waals surface area contributed by atoms with E-state index in [0.717, 1.165) is 28.9 Å². The van der Waals surface area contributed by atoms with E-state index in [-0.39, 0.29) is 5.41 Å². The van der Waals surface area contributed by atoms with Gasteiger partial charge in [-0.15, -0.1) is 13.2 Å². The summed E-state index contributed by atoms with van der Waals surface area (Å²) < 4.78 is 5.77. The number of rotatable bonds is 9. The first kappa shape index (κ1) is 19.6. The van der Waals surface area contributed by atoms with Crippen LogP contribution in [-0.4, -0.2) is 11.7 Å². The highest BCUT2D eigenvalue weighted by molar-refractivity contribution is 5.48. The van der Waals surface area contributed by atoms with E-state index < -0.39 is 0 Å². The van der Waals surface area contributed by atoms with Crippen LogP contribution in [0.15, 0.2) is 74.4 Å². The van der Waals surface area contributed by atoms with E-state index in [9.17, 15) is 5.11 Å². The van der Waals surface area contributed by atoms with Gasteiger partial charge in [-0.3, -0.25) is 0 Å². The molecule has 2 nitrogen and oxygen atoms in total. The molecule has 0 aliphatic rings. The van der Waals surface area contributed by atoms with Crippen molar-refractivity contribution >= 4 is 0 Å². The van der Waals surface area contributed by atoms with Crippen molar-refractivity contribution in [2.75, 3.05) is 6.61 Å². The fraction of sp³-hybridized carbons (Fsp3) is 0.250. The van der Waals surface area contributed by atoms with Crippen LogP contribution >= 0.6 is 0 Å². The van der Waals surface area contributed by atoms with Crippen molar-refractivity contribution in [1.82, 2.24) is 0 Å². The van der Waals surface area contributed by atoms with Crippen LogP contribution in [0.4, 0.5) is 0 Å². The Balaban J connectivity index is 2.46. The van der Waals surface area contributed by atoms with Crippen LogP contribution in [-0.2, 0) is 18.3 Å². The van der Waals surface area contributed by atoms with Crippen LogP contribution in [0, 0.1) is 0 Å². The quantitative estimate of drug-likeness (QED) is 0.586. The molecule has 0 saturated carbocycles. The van der Waals surface area contributed by atoms with Gasteiger partial charge in [0.15, 0.2) is 0 Å². The van der Waals surface area contributed by atoms with Crippen molar-refractivity contribution in [2.45, 2.75) is 32.1 Å². The van der Waals surface area contributed by atoms with Crippen LogP contribution in [0.25, 0.3) is 0 Å². The molecule has 0 saturated heterocycles. The van der Waals surface area contributed by atoms with Crippen molar-refractivity contribution in [1.29, 1.82) is 0 Å². The second kappa shape index (κ2) is 8.57. The number of phenolic OH excluding ortho intramolecular Hbond substituents is 1. The van der Waals surface area contributed by atoms with Crippen molar-refractivity contribution in [3.63, 3.8) is 0 Å². The summed E-state index contributed by atoms with van der Waals surface area (Å²) in [6, 6.07) is 12.1. The maximum atomic E-state index is 10.1. The predicted octanol–water partition coefficient (Wildman–Crippen LogP) is 5.74. The molecule has 0 unspecified atom stereocenters. The number of benzene rings is 2. The van der Waals surface area contributed by atoms with Gasteiger partial charge >= 0.3 is 0 Å². The van der Waals surface area contributed by atoms with Gasteiger partial charge in [-0.05, 0) is 47.2 Å². The molecule has 2 aromatic carbocycles. The number of hydrogen-bond donors (Lipinski definition) is 1. The Morgan fingerprint density at radius 1 is 0.885 bits per heavy atom. The van der Waals surface area contributed by atoms with Gasteiger partial charge in [0, 0.05) is 5.41 Å². The highest BCUT2D eigenvalue weighted by Crippen LogP contribution is 2.36. The van der Waals surface area contributed by atoms with Gasteiger partial charge in [0.25, 0.3) is 0 Å². The Morgan fingerprint density at radius 2 is 1.46 bits per heavy atom. The Bertz CT molecular complexity index is 800.